The molecule has 1 aliphatic rings. The maximum atomic E-state index is 13.1. The molecule has 2 aromatic carbocycles. The first-order chi connectivity index (χ1) is 12.2. The summed E-state index contributed by atoms with van der Waals surface area (Å²) in [5.74, 6) is -0.406. The molecule has 1 saturated heterocycles. The van der Waals surface area contributed by atoms with Crippen molar-refractivity contribution in [3.05, 3.63) is 58.7 Å². The summed E-state index contributed by atoms with van der Waals surface area (Å²) in [5, 5.41) is 2.69. The zero-order valence-electron chi connectivity index (χ0n) is 14.8. The van der Waals surface area contributed by atoms with E-state index < -0.39 is 17.6 Å². The van der Waals surface area contributed by atoms with Gasteiger partial charge >= 0.3 is 6.18 Å². The Kier molecular flexibility index (Phi) is 4.94. The fourth-order valence-electron chi connectivity index (χ4n) is 3.35. The minimum Gasteiger partial charge on any atom is -0.370 e. The van der Waals surface area contributed by atoms with Crippen molar-refractivity contribution in [3.8, 4) is 0 Å². The lowest BCUT2D eigenvalue weighted by Gasteiger charge is -2.23. The predicted molar refractivity (Wildman–Crippen MR) is 96.8 cm³/mol. The highest BCUT2D eigenvalue weighted by molar-refractivity contribution is 6.06. The maximum Gasteiger partial charge on any atom is 0.416 e. The number of nitrogens with one attached hydrogen (secondary N) is 1. The molecule has 0 radical (unpaired) electrons. The topological polar surface area (TPSA) is 32.3 Å². The Morgan fingerprint density at radius 3 is 2.19 bits per heavy atom. The molecule has 1 fully saturated rings. The summed E-state index contributed by atoms with van der Waals surface area (Å²) in [6.07, 6.45) is -2.47. The van der Waals surface area contributed by atoms with Crippen LogP contribution < -0.4 is 10.2 Å². The molecule has 1 heterocycles. The molecule has 6 heteroatoms. The van der Waals surface area contributed by atoms with Crippen molar-refractivity contribution in [2.45, 2.75) is 32.9 Å². The van der Waals surface area contributed by atoms with Crippen LogP contribution in [0.25, 0.3) is 0 Å². The fourth-order valence-corrected chi connectivity index (χ4v) is 3.35. The summed E-state index contributed by atoms with van der Waals surface area (Å²) in [6, 6.07) is 8.94. The second kappa shape index (κ2) is 7.02. The molecule has 0 spiro atoms. The largest absolute Gasteiger partial charge is 0.416 e. The van der Waals surface area contributed by atoms with Crippen LogP contribution in [-0.2, 0) is 6.18 Å². The van der Waals surface area contributed by atoms with Crippen LogP contribution in [0.3, 0.4) is 0 Å². The molecule has 2 aromatic rings. The molecule has 1 aliphatic heterocycles. The lowest BCUT2D eigenvalue weighted by molar-refractivity contribution is -0.137. The number of amides is 1. The minimum atomic E-state index is -4.46. The predicted octanol–water partition coefficient (Wildman–Crippen LogP) is 5.17. The molecule has 138 valence electrons. The molecule has 0 bridgehead atoms. The first-order valence-corrected chi connectivity index (χ1v) is 8.60. The highest BCUT2D eigenvalue weighted by atomic mass is 19.4. The van der Waals surface area contributed by atoms with Gasteiger partial charge in [0.15, 0.2) is 0 Å². The number of nitrogens with zero attached hydrogens (tertiary/aromatic N) is 1. The highest BCUT2D eigenvalue weighted by Gasteiger charge is 2.32. The number of carbonyl (C=O) groups is 1. The maximum absolute atomic E-state index is 13.1. The summed E-state index contributed by atoms with van der Waals surface area (Å²) in [7, 11) is 0. The smallest absolute Gasteiger partial charge is 0.370 e. The summed E-state index contributed by atoms with van der Waals surface area (Å²) >= 11 is 0. The van der Waals surface area contributed by atoms with Gasteiger partial charge in [0.1, 0.15) is 0 Å². The van der Waals surface area contributed by atoms with Crippen molar-refractivity contribution in [2.75, 3.05) is 23.3 Å². The monoisotopic (exact) mass is 362 g/mol. The number of carbonyl (C=O) groups excluding carboxylic acids is 1. The van der Waals surface area contributed by atoms with Crippen LogP contribution in [0.4, 0.5) is 24.5 Å². The van der Waals surface area contributed by atoms with Gasteiger partial charge in [0.2, 0.25) is 0 Å². The van der Waals surface area contributed by atoms with Gasteiger partial charge in [0, 0.05) is 18.7 Å². The van der Waals surface area contributed by atoms with E-state index in [9.17, 15) is 18.0 Å². The number of anilines is 2. The van der Waals surface area contributed by atoms with Crippen molar-refractivity contribution in [1.82, 2.24) is 0 Å². The highest BCUT2D eigenvalue weighted by Crippen LogP contribution is 2.36. The Labute approximate surface area is 150 Å². The van der Waals surface area contributed by atoms with Gasteiger partial charge in [-0.3, -0.25) is 4.79 Å². The minimum absolute atomic E-state index is 0.200. The van der Waals surface area contributed by atoms with Gasteiger partial charge in [-0.25, -0.2) is 0 Å². The summed E-state index contributed by atoms with van der Waals surface area (Å²) in [6.45, 7) is 5.31. The molecule has 1 N–H and O–H groups in total. The number of rotatable bonds is 3. The van der Waals surface area contributed by atoms with Crippen molar-refractivity contribution in [1.29, 1.82) is 0 Å². The Morgan fingerprint density at radius 2 is 1.62 bits per heavy atom. The van der Waals surface area contributed by atoms with E-state index in [-0.39, 0.29) is 5.69 Å². The molecule has 3 nitrogen and oxygen atoms in total. The molecule has 0 unspecified atom stereocenters. The van der Waals surface area contributed by atoms with Crippen molar-refractivity contribution in [2.24, 2.45) is 0 Å². The van der Waals surface area contributed by atoms with Gasteiger partial charge in [-0.2, -0.15) is 13.2 Å². The molecule has 0 aliphatic carbocycles. The Hall–Kier alpha value is -2.50. The van der Waals surface area contributed by atoms with E-state index in [2.05, 4.69) is 5.32 Å². The molecule has 0 saturated carbocycles. The summed E-state index contributed by atoms with van der Waals surface area (Å²) in [5.41, 5.74) is 2.36. The second-order valence-corrected chi connectivity index (χ2v) is 6.75. The molecule has 0 aromatic heterocycles. The Balaban J connectivity index is 1.96. The van der Waals surface area contributed by atoms with Crippen molar-refractivity contribution < 1.29 is 18.0 Å². The molecular weight excluding hydrogens is 341 g/mol. The van der Waals surface area contributed by atoms with E-state index in [1.54, 1.807) is 12.1 Å². The van der Waals surface area contributed by atoms with E-state index in [0.717, 1.165) is 49.2 Å². The van der Waals surface area contributed by atoms with Gasteiger partial charge in [0.05, 0.1) is 16.9 Å². The third-order valence-electron chi connectivity index (χ3n) is 4.50. The zero-order chi connectivity index (χ0) is 18.9. The van der Waals surface area contributed by atoms with Gasteiger partial charge in [-0.05, 0) is 57.0 Å². The fraction of sp³-hybridized carbons (Fsp3) is 0.350. The Morgan fingerprint density at radius 1 is 1.00 bits per heavy atom. The summed E-state index contributed by atoms with van der Waals surface area (Å²) < 4.78 is 39.4. The molecule has 1 amide bonds. The van der Waals surface area contributed by atoms with Crippen molar-refractivity contribution in [3.63, 3.8) is 0 Å². The van der Waals surface area contributed by atoms with E-state index in [1.807, 2.05) is 24.8 Å². The second-order valence-electron chi connectivity index (χ2n) is 6.75. The molecule has 3 rings (SSSR count). The SMILES string of the molecule is Cc1cc(C)cc(C(=O)Nc2cc(C(F)(F)F)ccc2N2CCCC2)c1. The number of halogens is 3. The van der Waals surface area contributed by atoms with Crippen LogP contribution in [0, 0.1) is 13.8 Å². The van der Waals surface area contributed by atoms with Gasteiger partial charge in [-0.15, -0.1) is 0 Å². The quantitative estimate of drug-likeness (QED) is 0.816. The van der Waals surface area contributed by atoms with Crippen LogP contribution in [0.15, 0.2) is 36.4 Å². The van der Waals surface area contributed by atoms with E-state index in [1.165, 1.54) is 6.07 Å². The first-order valence-electron chi connectivity index (χ1n) is 8.60. The van der Waals surface area contributed by atoms with Crippen LogP contribution in [0.1, 0.15) is 39.9 Å². The number of aryl methyl sites for hydroxylation is 2. The lowest BCUT2D eigenvalue weighted by atomic mass is 10.1. The lowest BCUT2D eigenvalue weighted by Crippen LogP contribution is -2.22. The van der Waals surface area contributed by atoms with Crippen LogP contribution in [0.2, 0.25) is 0 Å². The number of benzene rings is 2. The average molecular weight is 362 g/mol. The number of alkyl halides is 3. The number of hydrogen-bond donors (Lipinski definition) is 1. The molecular formula is C20H21F3N2O. The van der Waals surface area contributed by atoms with E-state index >= 15 is 0 Å². The van der Waals surface area contributed by atoms with Gasteiger partial charge in [-0.1, -0.05) is 17.2 Å². The number of hydrogen-bond acceptors (Lipinski definition) is 2. The third-order valence-corrected chi connectivity index (χ3v) is 4.50. The molecule has 26 heavy (non-hydrogen) atoms. The zero-order valence-corrected chi connectivity index (χ0v) is 14.8. The van der Waals surface area contributed by atoms with Crippen LogP contribution in [-0.4, -0.2) is 19.0 Å². The van der Waals surface area contributed by atoms with Crippen LogP contribution in [0.5, 0.6) is 0 Å². The van der Waals surface area contributed by atoms with Gasteiger partial charge in [0.25, 0.3) is 5.91 Å². The summed E-state index contributed by atoms with van der Waals surface area (Å²) in [4.78, 5) is 14.6. The van der Waals surface area contributed by atoms with Crippen LogP contribution >= 0.6 is 0 Å². The first kappa shape index (κ1) is 18.3. The average Bonchev–Trinajstić information content (AvgIpc) is 3.07. The Bertz CT molecular complexity index is 804. The standard InChI is InChI=1S/C20H21F3N2O/c1-13-9-14(2)11-15(10-13)19(26)24-17-12-16(20(21,22)23)5-6-18(17)25-7-3-4-8-25/h5-6,9-12H,3-4,7-8H2,1-2H3,(H,24,26). The van der Waals surface area contributed by atoms with Gasteiger partial charge < -0.3 is 10.2 Å². The molecule has 0 atom stereocenters. The van der Waals surface area contributed by atoms with Crippen molar-refractivity contribution >= 4 is 17.3 Å². The van der Waals surface area contributed by atoms with E-state index in [0.29, 0.717) is 11.3 Å². The third kappa shape index (κ3) is 4.00. The van der Waals surface area contributed by atoms with E-state index in [4.69, 9.17) is 0 Å². The normalized spacial score (nSPS) is 14.6.